The third kappa shape index (κ3) is 2.72. The van der Waals surface area contributed by atoms with E-state index in [1.165, 1.54) is 0 Å². The van der Waals surface area contributed by atoms with Crippen molar-refractivity contribution >= 4 is 12.5 Å². The van der Waals surface area contributed by atoms with E-state index in [4.69, 9.17) is 9.90 Å². The molecule has 7 nitrogen and oxygen atoms in total. The first kappa shape index (κ1) is 12.0. The summed E-state index contributed by atoms with van der Waals surface area (Å²) in [6.07, 6.45) is 2.65. The number of carbonyl (C=O) groups excluding carboxylic acids is 1. The fourth-order valence-corrected chi connectivity index (χ4v) is 1.55. The maximum Gasteiger partial charge on any atom is 0.317 e. The number of aromatic nitrogens is 2. The number of H-pyrrole nitrogens is 1. The maximum absolute atomic E-state index is 11.3. The molecule has 3 N–H and O–H groups in total. The number of carbonyl (C=O) groups is 2. The minimum absolute atomic E-state index is 0.0214. The Morgan fingerprint density at radius 3 is 3.06 bits per heavy atom. The topological polar surface area (TPSA) is 98.3 Å². The van der Waals surface area contributed by atoms with Crippen molar-refractivity contribution in [3.63, 3.8) is 0 Å². The third-order valence-corrected chi connectivity index (χ3v) is 2.30. The van der Waals surface area contributed by atoms with Crippen LogP contribution in [-0.4, -0.2) is 46.3 Å². The van der Waals surface area contributed by atoms with Crippen molar-refractivity contribution in [2.24, 2.45) is 0 Å². The summed E-state index contributed by atoms with van der Waals surface area (Å²) in [6, 6.07) is -0.0214. The minimum Gasteiger partial charge on any atom is -0.483 e. The van der Waals surface area contributed by atoms with E-state index in [2.05, 4.69) is 15.5 Å². The molecule has 88 valence electrons. The number of hydrogen-bond acceptors (Lipinski definition) is 3. The van der Waals surface area contributed by atoms with Crippen LogP contribution in [0.5, 0.6) is 0 Å². The van der Waals surface area contributed by atoms with Crippen molar-refractivity contribution < 1.29 is 14.7 Å². The predicted molar refractivity (Wildman–Crippen MR) is 55.9 cm³/mol. The summed E-state index contributed by atoms with van der Waals surface area (Å²) in [4.78, 5) is 21.4. The number of nitrogens with zero attached hydrogens (tertiary/aromatic N) is 2. The van der Waals surface area contributed by atoms with E-state index in [-0.39, 0.29) is 12.5 Å². The summed E-state index contributed by atoms with van der Waals surface area (Å²) in [6.45, 7) is 1.17. The van der Waals surface area contributed by atoms with Gasteiger partial charge < -0.3 is 15.3 Å². The second kappa shape index (κ2) is 5.74. The number of aromatic amines is 1. The van der Waals surface area contributed by atoms with Gasteiger partial charge in [-0.1, -0.05) is 0 Å². The van der Waals surface area contributed by atoms with Crippen LogP contribution < -0.4 is 5.32 Å². The lowest BCUT2D eigenvalue weighted by Gasteiger charge is -2.25. The zero-order chi connectivity index (χ0) is 12.0. The number of amides is 2. The fourth-order valence-electron chi connectivity index (χ4n) is 1.55. The van der Waals surface area contributed by atoms with Crippen molar-refractivity contribution in [1.29, 1.82) is 0 Å². The molecule has 2 amide bonds. The molecule has 0 radical (unpaired) electrons. The van der Waals surface area contributed by atoms with E-state index in [1.54, 1.807) is 18.1 Å². The van der Waals surface area contributed by atoms with E-state index in [9.17, 15) is 4.79 Å². The summed E-state index contributed by atoms with van der Waals surface area (Å²) in [5.74, 6) is 0. The molecule has 1 aliphatic heterocycles. The molecule has 2 rings (SSSR count). The Hall–Kier alpha value is -2.05. The Bertz CT molecular complexity index is 363. The quantitative estimate of drug-likeness (QED) is 0.534. The lowest BCUT2D eigenvalue weighted by atomic mass is 10.1. The van der Waals surface area contributed by atoms with Crippen LogP contribution in [0.2, 0.25) is 0 Å². The number of hydrogen-bond donors (Lipinski definition) is 3. The Kier molecular flexibility index (Phi) is 4.31. The zero-order valence-corrected chi connectivity index (χ0v) is 8.93. The minimum atomic E-state index is -0.250. The molecule has 16 heavy (non-hydrogen) atoms. The first-order valence-corrected chi connectivity index (χ1v) is 4.78. The molecule has 0 spiro atoms. The lowest BCUT2D eigenvalue weighted by Crippen LogP contribution is -2.41. The Balaban J connectivity index is 0.000000386. The highest BCUT2D eigenvalue weighted by molar-refractivity contribution is 5.74. The summed E-state index contributed by atoms with van der Waals surface area (Å²) in [5, 5.41) is 16.4. The molecule has 0 atom stereocenters. The molecule has 7 heteroatoms. The van der Waals surface area contributed by atoms with Gasteiger partial charge >= 0.3 is 6.03 Å². The van der Waals surface area contributed by atoms with E-state index in [1.807, 2.05) is 0 Å². The Labute approximate surface area is 92.4 Å². The van der Waals surface area contributed by atoms with Crippen LogP contribution in [0.15, 0.2) is 6.20 Å². The first-order chi connectivity index (χ1) is 7.72. The molecule has 0 saturated carbocycles. The van der Waals surface area contributed by atoms with Crippen LogP contribution in [-0.2, 0) is 17.8 Å². The SMILES string of the molecule is CNC(=O)N1CCc2[nH]ncc2C1.O=CO. The van der Waals surface area contributed by atoms with Gasteiger partial charge in [0.15, 0.2) is 0 Å². The van der Waals surface area contributed by atoms with Crippen LogP contribution >= 0.6 is 0 Å². The van der Waals surface area contributed by atoms with E-state index < -0.39 is 0 Å². The molecule has 2 heterocycles. The van der Waals surface area contributed by atoms with E-state index >= 15 is 0 Å². The molecule has 1 aliphatic rings. The molecule has 1 aromatic heterocycles. The molecule has 0 aliphatic carbocycles. The van der Waals surface area contributed by atoms with Gasteiger partial charge in [0.05, 0.1) is 12.7 Å². The second-order valence-corrected chi connectivity index (χ2v) is 3.21. The Morgan fingerprint density at radius 2 is 2.44 bits per heavy atom. The fraction of sp³-hybridized carbons (Fsp3) is 0.444. The average molecular weight is 226 g/mol. The third-order valence-electron chi connectivity index (χ3n) is 2.30. The second-order valence-electron chi connectivity index (χ2n) is 3.21. The van der Waals surface area contributed by atoms with Crippen LogP contribution in [0, 0.1) is 0 Å². The monoisotopic (exact) mass is 226 g/mol. The van der Waals surface area contributed by atoms with E-state index in [0.29, 0.717) is 6.54 Å². The van der Waals surface area contributed by atoms with Gasteiger partial charge in [-0.3, -0.25) is 9.89 Å². The van der Waals surface area contributed by atoms with Crippen molar-refractivity contribution in [2.75, 3.05) is 13.6 Å². The van der Waals surface area contributed by atoms with Gasteiger partial charge in [0.1, 0.15) is 0 Å². The highest BCUT2D eigenvalue weighted by atomic mass is 16.3. The standard InChI is InChI=1S/C8H12N4O.CH2O2/c1-9-8(13)12-3-2-7-6(5-12)4-10-11-7;2-1-3/h4H,2-3,5H2,1H3,(H,9,13)(H,10,11);1H,(H,2,3). The van der Waals surface area contributed by atoms with Gasteiger partial charge in [-0.15, -0.1) is 0 Å². The number of rotatable bonds is 0. The van der Waals surface area contributed by atoms with Gasteiger partial charge in [-0.05, 0) is 0 Å². The summed E-state index contributed by atoms with van der Waals surface area (Å²) < 4.78 is 0. The number of carboxylic acid groups (broad SMARTS) is 1. The smallest absolute Gasteiger partial charge is 0.317 e. The molecule has 1 aromatic rings. The van der Waals surface area contributed by atoms with Gasteiger partial charge in [-0.2, -0.15) is 5.10 Å². The summed E-state index contributed by atoms with van der Waals surface area (Å²) in [7, 11) is 1.65. The first-order valence-electron chi connectivity index (χ1n) is 4.78. The molecule has 0 aromatic carbocycles. The van der Waals surface area contributed by atoms with Crippen LogP contribution in [0.1, 0.15) is 11.3 Å². The van der Waals surface area contributed by atoms with Crippen LogP contribution in [0.4, 0.5) is 4.79 Å². The maximum atomic E-state index is 11.3. The number of fused-ring (bicyclic) bond motifs is 1. The van der Waals surface area contributed by atoms with Gasteiger partial charge in [0, 0.05) is 31.3 Å². The van der Waals surface area contributed by atoms with Crippen molar-refractivity contribution in [3.05, 3.63) is 17.5 Å². The van der Waals surface area contributed by atoms with Crippen molar-refractivity contribution in [1.82, 2.24) is 20.4 Å². The summed E-state index contributed by atoms with van der Waals surface area (Å²) in [5.41, 5.74) is 2.27. The van der Waals surface area contributed by atoms with Gasteiger partial charge in [0.2, 0.25) is 0 Å². The van der Waals surface area contributed by atoms with Crippen molar-refractivity contribution in [2.45, 2.75) is 13.0 Å². The largest absolute Gasteiger partial charge is 0.483 e. The Morgan fingerprint density at radius 1 is 1.75 bits per heavy atom. The predicted octanol–water partition coefficient (Wildman–Crippen LogP) is -0.192. The van der Waals surface area contributed by atoms with E-state index in [0.717, 1.165) is 24.2 Å². The summed E-state index contributed by atoms with van der Waals surface area (Å²) >= 11 is 0. The zero-order valence-electron chi connectivity index (χ0n) is 8.93. The van der Waals surface area contributed by atoms with Gasteiger partial charge in [-0.25, -0.2) is 4.79 Å². The molecule has 0 saturated heterocycles. The highest BCUT2D eigenvalue weighted by Crippen LogP contribution is 2.15. The molecule has 0 fully saturated rings. The molecule has 0 unspecified atom stereocenters. The van der Waals surface area contributed by atoms with Crippen molar-refractivity contribution in [3.8, 4) is 0 Å². The molecular formula is C9H14N4O3. The normalized spacial score (nSPS) is 13.2. The van der Waals surface area contributed by atoms with Crippen LogP contribution in [0.3, 0.4) is 0 Å². The molecular weight excluding hydrogens is 212 g/mol. The van der Waals surface area contributed by atoms with Crippen LogP contribution in [0.25, 0.3) is 0 Å². The number of nitrogens with one attached hydrogen (secondary N) is 2. The highest BCUT2D eigenvalue weighted by Gasteiger charge is 2.20. The van der Waals surface area contributed by atoms with Gasteiger partial charge in [0.25, 0.3) is 6.47 Å². The number of urea groups is 1. The lowest BCUT2D eigenvalue weighted by molar-refractivity contribution is -0.122. The molecule has 0 bridgehead atoms. The average Bonchev–Trinajstić information content (AvgIpc) is 2.75.